The van der Waals surface area contributed by atoms with Crippen molar-refractivity contribution in [3.05, 3.63) is 35.7 Å². The molecule has 2 nitrogen and oxygen atoms in total. The van der Waals surface area contributed by atoms with Gasteiger partial charge in [-0.15, -0.1) is 0 Å². The fourth-order valence-electron chi connectivity index (χ4n) is 2.64. The zero-order valence-corrected chi connectivity index (χ0v) is 12.3. The molecule has 0 spiro atoms. The first-order chi connectivity index (χ1) is 9.25. The number of nitrogens with one attached hydrogen (secondary N) is 2. The van der Waals surface area contributed by atoms with Crippen molar-refractivity contribution in [2.24, 2.45) is 0 Å². The zero-order valence-electron chi connectivity index (χ0n) is 11.6. The van der Waals surface area contributed by atoms with Crippen LogP contribution in [0.5, 0.6) is 0 Å². The molecule has 0 unspecified atom stereocenters. The second-order valence-corrected chi connectivity index (χ2v) is 5.81. The standard InChI is InChI=1S/C16H24ClN2/c1-13-8-9-14(17)12-16(13)19-11-5-10-18-15-6-3-2-4-7-15/h8-9,12,15,18-19H,1-7,10-11H2. The third kappa shape index (κ3) is 5.04. The van der Waals surface area contributed by atoms with Crippen LogP contribution in [-0.4, -0.2) is 19.1 Å². The fraction of sp³-hybridized carbons (Fsp3) is 0.562. The second kappa shape index (κ2) is 7.76. The molecule has 0 aromatic heterocycles. The molecule has 1 aliphatic rings. The highest BCUT2D eigenvalue weighted by atomic mass is 35.5. The molecule has 105 valence electrons. The van der Waals surface area contributed by atoms with E-state index in [-0.39, 0.29) is 0 Å². The van der Waals surface area contributed by atoms with Gasteiger partial charge >= 0.3 is 0 Å². The summed E-state index contributed by atoms with van der Waals surface area (Å²) < 4.78 is 0. The van der Waals surface area contributed by atoms with Crippen LogP contribution >= 0.6 is 11.6 Å². The normalized spacial score (nSPS) is 16.5. The number of benzene rings is 1. The molecule has 19 heavy (non-hydrogen) atoms. The lowest BCUT2D eigenvalue weighted by molar-refractivity contribution is 0.373. The van der Waals surface area contributed by atoms with Gasteiger partial charge in [-0.2, -0.15) is 0 Å². The number of anilines is 1. The minimum absolute atomic E-state index is 0.753. The number of hydrogen-bond acceptors (Lipinski definition) is 2. The summed E-state index contributed by atoms with van der Waals surface area (Å²) in [6, 6.07) is 6.52. The first-order valence-corrected chi connectivity index (χ1v) is 7.72. The van der Waals surface area contributed by atoms with Crippen molar-refractivity contribution in [2.75, 3.05) is 18.4 Å². The summed E-state index contributed by atoms with van der Waals surface area (Å²) in [6.07, 6.45) is 8.03. The van der Waals surface area contributed by atoms with Crippen LogP contribution in [0.3, 0.4) is 0 Å². The lowest BCUT2D eigenvalue weighted by Gasteiger charge is -2.22. The Balaban J connectivity index is 1.62. The molecule has 0 amide bonds. The van der Waals surface area contributed by atoms with Crippen molar-refractivity contribution in [1.82, 2.24) is 5.32 Å². The predicted molar refractivity (Wildman–Crippen MR) is 83.9 cm³/mol. The lowest BCUT2D eigenvalue weighted by atomic mass is 9.95. The Kier molecular flexibility index (Phi) is 5.99. The van der Waals surface area contributed by atoms with Gasteiger partial charge in [-0.25, -0.2) is 0 Å². The minimum Gasteiger partial charge on any atom is -0.385 e. The molecule has 0 bridgehead atoms. The quantitative estimate of drug-likeness (QED) is 0.761. The summed E-state index contributed by atoms with van der Waals surface area (Å²) >= 11 is 5.98. The molecule has 3 heteroatoms. The molecule has 1 radical (unpaired) electrons. The molecule has 1 aliphatic carbocycles. The van der Waals surface area contributed by atoms with Crippen molar-refractivity contribution in [3.8, 4) is 0 Å². The van der Waals surface area contributed by atoms with Gasteiger partial charge in [0, 0.05) is 23.3 Å². The van der Waals surface area contributed by atoms with Gasteiger partial charge in [0.15, 0.2) is 0 Å². The highest BCUT2D eigenvalue weighted by molar-refractivity contribution is 6.30. The van der Waals surface area contributed by atoms with Crippen molar-refractivity contribution in [1.29, 1.82) is 0 Å². The van der Waals surface area contributed by atoms with Crippen molar-refractivity contribution >= 4 is 17.3 Å². The third-order valence-electron chi connectivity index (χ3n) is 3.78. The average Bonchev–Trinajstić information content (AvgIpc) is 2.43. The molecular weight excluding hydrogens is 256 g/mol. The van der Waals surface area contributed by atoms with Gasteiger partial charge in [0.05, 0.1) is 0 Å². The average molecular weight is 280 g/mol. The van der Waals surface area contributed by atoms with Gasteiger partial charge in [-0.3, -0.25) is 0 Å². The summed E-state index contributed by atoms with van der Waals surface area (Å²) in [7, 11) is 0. The van der Waals surface area contributed by atoms with Crippen LogP contribution in [0.15, 0.2) is 18.2 Å². The maximum atomic E-state index is 5.98. The van der Waals surface area contributed by atoms with E-state index in [1.807, 2.05) is 18.2 Å². The van der Waals surface area contributed by atoms with Crippen molar-refractivity contribution in [2.45, 2.75) is 44.6 Å². The van der Waals surface area contributed by atoms with Gasteiger partial charge in [-0.1, -0.05) is 36.9 Å². The topological polar surface area (TPSA) is 24.1 Å². The summed E-state index contributed by atoms with van der Waals surface area (Å²) in [5.74, 6) is 0. The Labute approximate surface area is 121 Å². The monoisotopic (exact) mass is 279 g/mol. The summed E-state index contributed by atoms with van der Waals surface area (Å²) in [4.78, 5) is 0. The predicted octanol–water partition coefficient (Wildman–Crippen LogP) is 4.25. The SMILES string of the molecule is [CH2]c1ccc(Cl)cc1NCCCNC1CCCCC1. The Morgan fingerprint density at radius 2 is 1.95 bits per heavy atom. The Morgan fingerprint density at radius 1 is 1.16 bits per heavy atom. The van der Waals surface area contributed by atoms with E-state index in [1.54, 1.807) is 0 Å². The molecule has 1 saturated carbocycles. The van der Waals surface area contributed by atoms with Crippen LogP contribution in [-0.2, 0) is 0 Å². The number of rotatable bonds is 6. The second-order valence-electron chi connectivity index (χ2n) is 5.37. The van der Waals surface area contributed by atoms with E-state index >= 15 is 0 Å². The number of halogens is 1. The summed E-state index contributed by atoms with van der Waals surface area (Å²) in [5.41, 5.74) is 2.05. The first-order valence-electron chi connectivity index (χ1n) is 7.34. The molecular formula is C16H24ClN2. The minimum atomic E-state index is 0.753. The van der Waals surface area contributed by atoms with E-state index in [1.165, 1.54) is 32.1 Å². The maximum absolute atomic E-state index is 5.98. The van der Waals surface area contributed by atoms with E-state index in [9.17, 15) is 0 Å². The molecule has 0 atom stereocenters. The Hall–Kier alpha value is -0.730. The van der Waals surface area contributed by atoms with E-state index < -0.39 is 0 Å². The van der Waals surface area contributed by atoms with E-state index in [0.717, 1.165) is 41.8 Å². The highest BCUT2D eigenvalue weighted by Crippen LogP contribution is 2.20. The van der Waals surface area contributed by atoms with Crippen LogP contribution in [0.2, 0.25) is 5.02 Å². The van der Waals surface area contributed by atoms with Gasteiger partial charge in [0.2, 0.25) is 0 Å². The van der Waals surface area contributed by atoms with E-state index in [2.05, 4.69) is 17.6 Å². The van der Waals surface area contributed by atoms with Crippen molar-refractivity contribution < 1.29 is 0 Å². The smallest absolute Gasteiger partial charge is 0.0426 e. The van der Waals surface area contributed by atoms with Crippen LogP contribution in [0.4, 0.5) is 5.69 Å². The zero-order chi connectivity index (χ0) is 13.5. The summed E-state index contributed by atoms with van der Waals surface area (Å²) in [5, 5.41) is 7.82. The van der Waals surface area contributed by atoms with Gasteiger partial charge < -0.3 is 10.6 Å². The molecule has 0 saturated heterocycles. The first kappa shape index (κ1) is 14.7. The largest absolute Gasteiger partial charge is 0.385 e. The number of hydrogen-bond donors (Lipinski definition) is 2. The van der Waals surface area contributed by atoms with Crippen molar-refractivity contribution in [3.63, 3.8) is 0 Å². The van der Waals surface area contributed by atoms with Crippen LogP contribution in [0, 0.1) is 6.92 Å². The molecule has 0 aliphatic heterocycles. The van der Waals surface area contributed by atoms with Gasteiger partial charge in [0.1, 0.15) is 0 Å². The Morgan fingerprint density at radius 3 is 2.74 bits per heavy atom. The summed E-state index contributed by atoms with van der Waals surface area (Å²) in [6.45, 7) is 6.05. The molecule has 1 fully saturated rings. The lowest BCUT2D eigenvalue weighted by Crippen LogP contribution is -2.32. The molecule has 2 rings (SSSR count). The molecule has 1 aromatic rings. The molecule has 1 aromatic carbocycles. The fourth-order valence-corrected chi connectivity index (χ4v) is 2.81. The molecule has 0 heterocycles. The third-order valence-corrected chi connectivity index (χ3v) is 4.01. The van der Waals surface area contributed by atoms with Crippen LogP contribution in [0.1, 0.15) is 44.1 Å². The maximum Gasteiger partial charge on any atom is 0.0426 e. The van der Waals surface area contributed by atoms with E-state index in [0.29, 0.717) is 0 Å². The van der Waals surface area contributed by atoms with Crippen LogP contribution < -0.4 is 10.6 Å². The van der Waals surface area contributed by atoms with Gasteiger partial charge in [0.25, 0.3) is 0 Å². The van der Waals surface area contributed by atoms with E-state index in [4.69, 9.17) is 11.6 Å². The van der Waals surface area contributed by atoms with Gasteiger partial charge in [-0.05, 0) is 50.4 Å². The Bertz CT molecular complexity index is 386. The highest BCUT2D eigenvalue weighted by Gasteiger charge is 2.11. The molecule has 2 N–H and O–H groups in total. The van der Waals surface area contributed by atoms with Crippen LogP contribution in [0.25, 0.3) is 0 Å².